The number of aromatic nitrogens is 4. The zero-order valence-electron chi connectivity index (χ0n) is 24.7. The van der Waals surface area contributed by atoms with Crippen molar-refractivity contribution < 1.29 is 42.4 Å². The quantitative estimate of drug-likeness (QED) is 0.222. The number of nitrogens with zero attached hydrogens (tertiary/aromatic N) is 3. The molecule has 2 aromatic carbocycles. The summed E-state index contributed by atoms with van der Waals surface area (Å²) in [5.41, 5.74) is 3.48. The Balaban J connectivity index is 0.000000241. The third-order valence-electron chi connectivity index (χ3n) is 6.67. The van der Waals surface area contributed by atoms with Gasteiger partial charge in [0.2, 0.25) is 0 Å². The highest BCUT2D eigenvalue weighted by Gasteiger charge is 2.37. The van der Waals surface area contributed by atoms with E-state index >= 15 is 0 Å². The summed E-state index contributed by atoms with van der Waals surface area (Å²) in [7, 11) is 2.52. The van der Waals surface area contributed by atoms with Gasteiger partial charge in [-0.05, 0) is 62.1 Å². The van der Waals surface area contributed by atoms with Crippen molar-refractivity contribution in [2.75, 3.05) is 14.2 Å². The van der Waals surface area contributed by atoms with Crippen LogP contribution >= 0.6 is 0 Å². The van der Waals surface area contributed by atoms with Crippen molar-refractivity contribution in [2.45, 2.75) is 47.1 Å². The van der Waals surface area contributed by atoms with Crippen molar-refractivity contribution in [1.29, 1.82) is 5.26 Å². The number of methoxy groups -OCH3 is 2. The van der Waals surface area contributed by atoms with E-state index in [4.69, 9.17) is 20.2 Å². The summed E-state index contributed by atoms with van der Waals surface area (Å²) in [5, 5.41) is 27.3. The monoisotopic (exact) mass is 613 g/mol. The molecule has 0 fully saturated rings. The molecule has 232 valence electrons. The van der Waals surface area contributed by atoms with Crippen molar-refractivity contribution in [2.24, 2.45) is 0 Å². The van der Waals surface area contributed by atoms with E-state index in [1.54, 1.807) is 26.0 Å². The second-order valence-corrected chi connectivity index (χ2v) is 9.69. The minimum Gasteiger partial charge on any atom is -0.465 e. The number of benzene rings is 2. The molecule has 44 heavy (non-hydrogen) atoms. The fraction of sp³-hybridized carbons (Fsp3) is 0.300. The minimum absolute atomic E-state index is 0.152. The Labute approximate surface area is 250 Å². The van der Waals surface area contributed by atoms with Crippen LogP contribution in [0.4, 0.5) is 13.2 Å². The molecule has 0 aliphatic carbocycles. The number of nitriles is 1. The van der Waals surface area contributed by atoms with E-state index in [0.717, 1.165) is 11.1 Å². The Morgan fingerprint density at radius 2 is 1.30 bits per heavy atom. The first-order valence-electron chi connectivity index (χ1n) is 13.0. The summed E-state index contributed by atoms with van der Waals surface area (Å²) in [4.78, 5) is 36.3. The molecule has 14 heteroatoms. The number of aliphatic hydroxyl groups is 2. The standard InChI is InChI=1S/C15H15F3N2O3.C15H15N3O3/c1-7-4-8(2)10(14(22)23-3)5-9(7)12-13(15(16,17)18)20-11(6-21)19-12;1-8-4-9(2)11(15(20)21-3)5-10(8)14-12(6-16)17-13(7-19)18-14/h4-5,21H,6H2,1-3H3,(H,19,20);4-5,19H,7H2,1-3H3,(H,17,18). The number of imidazole rings is 2. The van der Waals surface area contributed by atoms with Gasteiger partial charge in [0.25, 0.3) is 0 Å². The summed E-state index contributed by atoms with van der Waals surface area (Å²) in [6.07, 6.45) is -4.67. The van der Waals surface area contributed by atoms with Gasteiger partial charge in [-0.1, -0.05) is 12.1 Å². The van der Waals surface area contributed by atoms with Gasteiger partial charge in [0.05, 0.1) is 31.0 Å². The molecule has 11 nitrogen and oxygen atoms in total. The number of alkyl halides is 3. The zero-order valence-corrected chi connectivity index (χ0v) is 24.7. The SMILES string of the molecule is COC(=O)c1cc(-c2[nH]c(CO)nc2C#N)c(C)cc1C.COC(=O)c1cc(-c2nc(CO)[nH]c2C(F)(F)F)c(C)cc1C. The largest absolute Gasteiger partial charge is 0.465 e. The lowest BCUT2D eigenvalue weighted by atomic mass is 9.97. The lowest BCUT2D eigenvalue weighted by Gasteiger charge is -2.12. The van der Waals surface area contributed by atoms with Gasteiger partial charge in [0.15, 0.2) is 5.69 Å². The lowest BCUT2D eigenvalue weighted by molar-refractivity contribution is -0.140. The molecule has 0 aliphatic rings. The van der Waals surface area contributed by atoms with Gasteiger partial charge in [-0.15, -0.1) is 0 Å². The number of carbonyl (C=O) groups is 2. The molecule has 4 aromatic rings. The molecule has 0 amide bonds. The van der Waals surface area contributed by atoms with Gasteiger partial charge < -0.3 is 29.7 Å². The maximum absolute atomic E-state index is 13.2. The number of ether oxygens (including phenoxy) is 2. The Morgan fingerprint density at radius 1 is 0.818 bits per heavy atom. The Morgan fingerprint density at radius 3 is 1.75 bits per heavy atom. The predicted octanol–water partition coefficient (Wildman–Crippen LogP) is 4.84. The maximum atomic E-state index is 13.2. The molecule has 0 aliphatic heterocycles. The number of nitrogens with one attached hydrogen (secondary N) is 2. The normalized spacial score (nSPS) is 11.0. The van der Waals surface area contributed by atoms with Crippen LogP contribution in [0.3, 0.4) is 0 Å². The molecule has 0 atom stereocenters. The van der Waals surface area contributed by atoms with Crippen molar-refractivity contribution in [3.63, 3.8) is 0 Å². The van der Waals surface area contributed by atoms with E-state index in [1.165, 1.54) is 20.3 Å². The molecular formula is C30H30F3N5O6. The maximum Gasteiger partial charge on any atom is 0.433 e. The van der Waals surface area contributed by atoms with Gasteiger partial charge >= 0.3 is 18.1 Å². The number of hydrogen-bond donors (Lipinski definition) is 4. The van der Waals surface area contributed by atoms with Crippen LogP contribution in [0.1, 0.15) is 66.0 Å². The molecule has 4 N–H and O–H groups in total. The summed E-state index contributed by atoms with van der Waals surface area (Å²) in [5.74, 6) is -0.975. The van der Waals surface area contributed by atoms with E-state index in [0.29, 0.717) is 33.8 Å². The number of rotatable bonds is 6. The average Bonchev–Trinajstić information content (AvgIpc) is 3.61. The number of aromatic amines is 2. The number of H-pyrrole nitrogens is 2. The van der Waals surface area contributed by atoms with Crippen molar-refractivity contribution in [3.05, 3.63) is 80.7 Å². The molecular weight excluding hydrogens is 583 g/mol. The van der Waals surface area contributed by atoms with Crippen LogP contribution in [0, 0.1) is 39.0 Å². The molecule has 0 saturated carbocycles. The minimum atomic E-state index is -4.67. The van der Waals surface area contributed by atoms with Gasteiger partial charge in [0.1, 0.15) is 42.3 Å². The Kier molecular flexibility index (Phi) is 10.3. The lowest BCUT2D eigenvalue weighted by Crippen LogP contribution is -2.09. The molecule has 2 heterocycles. The zero-order chi connectivity index (χ0) is 32.9. The molecule has 4 rings (SSSR count). The molecule has 0 unspecified atom stereocenters. The van der Waals surface area contributed by atoms with Crippen LogP contribution in [0.15, 0.2) is 24.3 Å². The second kappa shape index (κ2) is 13.5. The third kappa shape index (κ3) is 6.96. The van der Waals surface area contributed by atoms with Gasteiger partial charge in [0, 0.05) is 11.1 Å². The van der Waals surface area contributed by atoms with Crippen molar-refractivity contribution >= 4 is 11.9 Å². The highest BCUT2D eigenvalue weighted by molar-refractivity contribution is 5.94. The van der Waals surface area contributed by atoms with Gasteiger partial charge in [-0.25, -0.2) is 19.6 Å². The number of aliphatic hydroxyl groups excluding tert-OH is 2. The summed E-state index contributed by atoms with van der Waals surface area (Å²) >= 11 is 0. The molecule has 0 bridgehead atoms. The first-order chi connectivity index (χ1) is 20.7. The highest BCUT2D eigenvalue weighted by atomic mass is 19.4. The number of carbonyl (C=O) groups excluding carboxylic acids is 2. The predicted molar refractivity (Wildman–Crippen MR) is 151 cm³/mol. The van der Waals surface area contributed by atoms with Crippen LogP contribution in [-0.2, 0) is 28.9 Å². The smallest absolute Gasteiger partial charge is 0.433 e. The highest BCUT2D eigenvalue weighted by Crippen LogP contribution is 2.37. The number of esters is 2. The molecule has 0 saturated heterocycles. The van der Waals surface area contributed by atoms with E-state index < -0.39 is 30.4 Å². The first-order valence-corrected chi connectivity index (χ1v) is 13.0. The molecule has 2 aromatic heterocycles. The van der Waals surface area contributed by atoms with Crippen LogP contribution in [0.5, 0.6) is 0 Å². The third-order valence-corrected chi connectivity index (χ3v) is 6.67. The summed E-state index contributed by atoms with van der Waals surface area (Å²) in [6.45, 7) is 6.04. The fourth-order valence-corrected chi connectivity index (χ4v) is 4.56. The Hall–Kier alpha value is -5.00. The summed E-state index contributed by atoms with van der Waals surface area (Å²) in [6, 6.07) is 8.42. The average molecular weight is 614 g/mol. The molecule has 0 radical (unpaired) electrons. The van der Waals surface area contributed by atoms with Crippen LogP contribution in [-0.4, -0.2) is 56.3 Å². The number of hydrogen-bond acceptors (Lipinski definition) is 9. The fourth-order valence-electron chi connectivity index (χ4n) is 4.56. The molecule has 0 spiro atoms. The van der Waals surface area contributed by atoms with Crippen molar-refractivity contribution in [3.8, 4) is 28.6 Å². The van der Waals surface area contributed by atoms with Crippen molar-refractivity contribution in [1.82, 2.24) is 19.9 Å². The topological polar surface area (TPSA) is 174 Å². The second-order valence-electron chi connectivity index (χ2n) is 9.69. The van der Waals surface area contributed by atoms with E-state index in [2.05, 4.69) is 24.7 Å². The van der Waals surface area contributed by atoms with Gasteiger partial charge in [-0.2, -0.15) is 18.4 Å². The van der Waals surface area contributed by atoms with Crippen LogP contribution < -0.4 is 0 Å². The van der Waals surface area contributed by atoms with Crippen LogP contribution in [0.25, 0.3) is 22.5 Å². The van der Waals surface area contributed by atoms with Gasteiger partial charge in [-0.3, -0.25) is 0 Å². The first kappa shape index (κ1) is 33.5. The van der Waals surface area contributed by atoms with E-state index in [1.807, 2.05) is 26.0 Å². The van der Waals surface area contributed by atoms with E-state index in [-0.39, 0.29) is 34.9 Å². The van der Waals surface area contributed by atoms with E-state index in [9.17, 15) is 22.8 Å². The number of halogens is 3. The Bertz CT molecular complexity index is 1750. The summed E-state index contributed by atoms with van der Waals surface area (Å²) < 4.78 is 48.9. The number of aryl methyl sites for hydroxylation is 4. The van der Waals surface area contributed by atoms with Crippen LogP contribution in [0.2, 0.25) is 0 Å².